The second kappa shape index (κ2) is 5.82. The van der Waals surface area contributed by atoms with Gasteiger partial charge in [-0.15, -0.1) is 0 Å². The van der Waals surface area contributed by atoms with Crippen LogP contribution in [-0.4, -0.2) is 17.4 Å². The molecule has 2 atom stereocenters. The lowest BCUT2D eigenvalue weighted by Gasteiger charge is -2.26. The summed E-state index contributed by atoms with van der Waals surface area (Å²) in [7, 11) is 0. The molecule has 19 heavy (non-hydrogen) atoms. The molecule has 0 amide bonds. The van der Waals surface area contributed by atoms with Crippen LogP contribution in [0.25, 0.3) is 0 Å². The first kappa shape index (κ1) is 15.8. The van der Waals surface area contributed by atoms with Gasteiger partial charge in [0.15, 0.2) is 0 Å². The largest absolute Gasteiger partial charge is 0.491 e. The van der Waals surface area contributed by atoms with E-state index in [9.17, 15) is 18.3 Å². The third-order valence-corrected chi connectivity index (χ3v) is 2.91. The zero-order valence-corrected chi connectivity index (χ0v) is 11.3. The Bertz CT molecular complexity index is 413. The lowest BCUT2D eigenvalue weighted by Crippen LogP contribution is -2.29. The van der Waals surface area contributed by atoms with E-state index in [4.69, 9.17) is 4.74 Å². The average molecular weight is 276 g/mol. The molecule has 0 spiro atoms. The lowest BCUT2D eigenvalue weighted by atomic mass is 9.92. The summed E-state index contributed by atoms with van der Waals surface area (Å²) in [5.74, 6) is 0.467. The van der Waals surface area contributed by atoms with Gasteiger partial charge < -0.3 is 9.84 Å². The van der Waals surface area contributed by atoms with Crippen molar-refractivity contribution in [2.45, 2.75) is 51.5 Å². The van der Waals surface area contributed by atoms with Crippen molar-refractivity contribution in [1.82, 2.24) is 0 Å². The Labute approximate surface area is 111 Å². The Morgan fingerprint density at radius 1 is 1.32 bits per heavy atom. The number of benzene rings is 1. The predicted octanol–water partition coefficient (Wildman–Crippen LogP) is 4.02. The second-order valence-corrected chi connectivity index (χ2v) is 4.93. The number of ether oxygens (including phenoxy) is 1. The van der Waals surface area contributed by atoms with Crippen LogP contribution in [0, 0.1) is 0 Å². The van der Waals surface area contributed by atoms with E-state index in [1.807, 2.05) is 13.8 Å². The number of rotatable bonds is 5. The third kappa shape index (κ3) is 5.11. The van der Waals surface area contributed by atoms with Gasteiger partial charge in [0.05, 0.1) is 18.1 Å². The van der Waals surface area contributed by atoms with Crippen molar-refractivity contribution in [1.29, 1.82) is 0 Å². The van der Waals surface area contributed by atoms with E-state index < -0.39 is 18.2 Å². The summed E-state index contributed by atoms with van der Waals surface area (Å²) in [6, 6.07) is 6.17. The van der Waals surface area contributed by atoms with E-state index in [-0.39, 0.29) is 11.7 Å². The highest BCUT2D eigenvalue weighted by Crippen LogP contribution is 2.35. The number of halogens is 3. The van der Waals surface area contributed by atoms with Crippen LogP contribution >= 0.6 is 0 Å². The van der Waals surface area contributed by atoms with Gasteiger partial charge in [0.1, 0.15) is 5.75 Å². The van der Waals surface area contributed by atoms with Crippen molar-refractivity contribution in [3.8, 4) is 5.75 Å². The summed E-state index contributed by atoms with van der Waals surface area (Å²) < 4.78 is 42.8. The van der Waals surface area contributed by atoms with Crippen molar-refractivity contribution in [3.05, 3.63) is 29.8 Å². The molecule has 2 unspecified atom stereocenters. The van der Waals surface area contributed by atoms with E-state index in [2.05, 4.69) is 0 Å². The van der Waals surface area contributed by atoms with Gasteiger partial charge in [-0.05, 0) is 38.0 Å². The zero-order chi connectivity index (χ0) is 14.7. The van der Waals surface area contributed by atoms with Crippen LogP contribution in [-0.2, 0) is 5.60 Å². The number of alkyl halides is 3. The highest BCUT2D eigenvalue weighted by atomic mass is 19.4. The van der Waals surface area contributed by atoms with E-state index in [0.29, 0.717) is 5.75 Å². The van der Waals surface area contributed by atoms with Crippen LogP contribution in [0.2, 0.25) is 0 Å². The van der Waals surface area contributed by atoms with Crippen LogP contribution in [0.1, 0.15) is 39.2 Å². The van der Waals surface area contributed by atoms with E-state index in [1.165, 1.54) is 12.1 Å². The quantitative estimate of drug-likeness (QED) is 0.880. The molecule has 0 radical (unpaired) electrons. The molecular weight excluding hydrogens is 257 g/mol. The maximum absolute atomic E-state index is 12.4. The Morgan fingerprint density at radius 2 is 1.95 bits per heavy atom. The molecule has 0 aliphatic carbocycles. The van der Waals surface area contributed by atoms with E-state index in [0.717, 1.165) is 13.3 Å². The van der Waals surface area contributed by atoms with Gasteiger partial charge in [-0.3, -0.25) is 0 Å². The van der Waals surface area contributed by atoms with Crippen molar-refractivity contribution >= 4 is 0 Å². The van der Waals surface area contributed by atoms with Crippen molar-refractivity contribution < 1.29 is 23.0 Å². The van der Waals surface area contributed by atoms with Crippen molar-refractivity contribution in [3.63, 3.8) is 0 Å². The molecule has 0 bridgehead atoms. The minimum absolute atomic E-state index is 0.0252. The summed E-state index contributed by atoms with van der Waals surface area (Å²) in [6.07, 6.45) is -4.93. The van der Waals surface area contributed by atoms with Crippen LogP contribution in [0.4, 0.5) is 13.2 Å². The first-order valence-electron chi connectivity index (χ1n) is 6.20. The first-order valence-corrected chi connectivity index (χ1v) is 6.20. The maximum Gasteiger partial charge on any atom is 0.392 e. The number of hydrogen-bond acceptors (Lipinski definition) is 2. The Morgan fingerprint density at radius 3 is 2.47 bits per heavy atom. The Balaban J connectivity index is 2.91. The molecule has 0 aromatic heterocycles. The topological polar surface area (TPSA) is 29.5 Å². The molecule has 1 aromatic carbocycles. The van der Waals surface area contributed by atoms with E-state index in [1.54, 1.807) is 12.1 Å². The molecule has 1 rings (SSSR count). The minimum atomic E-state index is -4.42. The molecular formula is C14H19F3O2. The summed E-state index contributed by atoms with van der Waals surface area (Å²) >= 11 is 0. The number of hydrogen-bond donors (Lipinski definition) is 1. The van der Waals surface area contributed by atoms with Crippen LogP contribution in [0.5, 0.6) is 5.75 Å². The van der Waals surface area contributed by atoms with Gasteiger partial charge in [0.2, 0.25) is 0 Å². The van der Waals surface area contributed by atoms with Gasteiger partial charge in [-0.25, -0.2) is 0 Å². The van der Waals surface area contributed by atoms with Gasteiger partial charge >= 0.3 is 6.18 Å². The van der Waals surface area contributed by atoms with Gasteiger partial charge in [0, 0.05) is 0 Å². The van der Waals surface area contributed by atoms with Crippen LogP contribution in [0.3, 0.4) is 0 Å². The average Bonchev–Trinajstić information content (AvgIpc) is 2.26. The molecule has 5 heteroatoms. The van der Waals surface area contributed by atoms with Gasteiger partial charge in [0.25, 0.3) is 0 Å². The molecule has 0 saturated heterocycles. The highest BCUT2D eigenvalue weighted by Gasteiger charge is 2.39. The molecule has 0 aliphatic rings. The molecule has 1 aromatic rings. The van der Waals surface area contributed by atoms with Crippen LogP contribution in [0.15, 0.2) is 24.3 Å². The fourth-order valence-corrected chi connectivity index (χ4v) is 1.71. The summed E-state index contributed by atoms with van der Waals surface area (Å²) in [5, 5.41) is 9.96. The van der Waals surface area contributed by atoms with Crippen molar-refractivity contribution in [2.24, 2.45) is 0 Å². The monoisotopic (exact) mass is 276 g/mol. The highest BCUT2D eigenvalue weighted by molar-refractivity contribution is 5.32. The summed E-state index contributed by atoms with van der Waals surface area (Å²) in [6.45, 7) is 4.98. The predicted molar refractivity (Wildman–Crippen MR) is 67.1 cm³/mol. The lowest BCUT2D eigenvalue weighted by molar-refractivity contribution is -0.174. The number of aliphatic hydroxyl groups is 1. The van der Waals surface area contributed by atoms with Crippen LogP contribution < -0.4 is 4.74 Å². The maximum atomic E-state index is 12.4. The fourth-order valence-electron chi connectivity index (χ4n) is 1.71. The SMILES string of the molecule is CCC(C)Oc1cccc(C(C)(O)CC(F)(F)F)c1. The molecule has 1 N–H and O–H groups in total. The molecule has 0 fully saturated rings. The first-order chi connectivity index (χ1) is 8.64. The minimum Gasteiger partial charge on any atom is -0.491 e. The Hall–Kier alpha value is -1.23. The smallest absolute Gasteiger partial charge is 0.392 e. The molecule has 0 heterocycles. The normalized spacial score (nSPS) is 16.8. The van der Waals surface area contributed by atoms with E-state index >= 15 is 0 Å². The van der Waals surface area contributed by atoms with Gasteiger partial charge in [-0.1, -0.05) is 19.1 Å². The standard InChI is InChI=1S/C14H19F3O2/c1-4-10(2)19-12-7-5-6-11(8-12)13(3,18)9-14(15,16)17/h5-8,10,18H,4,9H2,1-3H3. The fraction of sp³-hybridized carbons (Fsp3) is 0.571. The molecule has 2 nitrogen and oxygen atoms in total. The third-order valence-electron chi connectivity index (χ3n) is 2.91. The zero-order valence-electron chi connectivity index (χ0n) is 11.3. The molecule has 108 valence electrons. The van der Waals surface area contributed by atoms with Crippen molar-refractivity contribution in [2.75, 3.05) is 0 Å². The Kier molecular flexibility index (Phi) is 4.85. The van der Waals surface area contributed by atoms with Gasteiger partial charge in [-0.2, -0.15) is 13.2 Å². The second-order valence-electron chi connectivity index (χ2n) is 4.93. The molecule has 0 saturated carbocycles. The summed E-state index contributed by atoms with van der Waals surface area (Å²) in [5.41, 5.74) is -1.75. The molecule has 0 aliphatic heterocycles. The summed E-state index contributed by atoms with van der Waals surface area (Å²) in [4.78, 5) is 0.